The van der Waals surface area contributed by atoms with Gasteiger partial charge in [0.2, 0.25) is 0 Å². The SMILES string of the molecule is O=C(c1cc(Cl)ccn1)N1CCN(c2ccc(Cl)cc2)CC1. The zero-order chi connectivity index (χ0) is 15.5. The average molecular weight is 336 g/mol. The van der Waals surface area contributed by atoms with Gasteiger partial charge in [-0.05, 0) is 36.4 Å². The van der Waals surface area contributed by atoms with Crippen LogP contribution in [0.2, 0.25) is 10.0 Å². The molecule has 0 unspecified atom stereocenters. The molecule has 3 rings (SSSR count). The van der Waals surface area contributed by atoms with Gasteiger partial charge in [-0.1, -0.05) is 23.2 Å². The van der Waals surface area contributed by atoms with Gasteiger partial charge in [0, 0.05) is 48.1 Å². The van der Waals surface area contributed by atoms with Crippen molar-refractivity contribution in [1.82, 2.24) is 9.88 Å². The minimum Gasteiger partial charge on any atom is -0.368 e. The third-order valence-corrected chi connectivity index (χ3v) is 4.19. The minimum atomic E-state index is -0.0711. The highest BCUT2D eigenvalue weighted by atomic mass is 35.5. The van der Waals surface area contributed by atoms with Gasteiger partial charge in [0.1, 0.15) is 5.69 Å². The zero-order valence-electron chi connectivity index (χ0n) is 11.9. The molecule has 1 aromatic carbocycles. The lowest BCUT2D eigenvalue weighted by atomic mass is 10.2. The molecule has 2 aromatic rings. The first kappa shape index (κ1) is 15.1. The molecule has 4 nitrogen and oxygen atoms in total. The highest BCUT2D eigenvalue weighted by molar-refractivity contribution is 6.31. The number of hydrogen-bond acceptors (Lipinski definition) is 3. The van der Waals surface area contributed by atoms with Crippen LogP contribution in [0.15, 0.2) is 42.6 Å². The predicted octanol–water partition coefficient (Wildman–Crippen LogP) is 3.35. The topological polar surface area (TPSA) is 36.4 Å². The van der Waals surface area contributed by atoms with Crippen molar-refractivity contribution in [2.24, 2.45) is 0 Å². The van der Waals surface area contributed by atoms with E-state index in [1.807, 2.05) is 29.2 Å². The Bertz CT molecular complexity index is 667. The van der Waals surface area contributed by atoms with E-state index in [0.717, 1.165) is 23.8 Å². The van der Waals surface area contributed by atoms with Crippen molar-refractivity contribution in [3.05, 3.63) is 58.3 Å². The second-order valence-corrected chi connectivity index (χ2v) is 5.99. The van der Waals surface area contributed by atoms with E-state index < -0.39 is 0 Å². The first-order valence-electron chi connectivity index (χ1n) is 7.05. The molecule has 1 fully saturated rings. The third kappa shape index (κ3) is 3.34. The number of amides is 1. The normalized spacial score (nSPS) is 15.0. The number of rotatable bonds is 2. The molecule has 2 heterocycles. The maximum absolute atomic E-state index is 12.4. The monoisotopic (exact) mass is 335 g/mol. The molecule has 0 atom stereocenters. The molecule has 114 valence electrons. The minimum absolute atomic E-state index is 0.0711. The highest BCUT2D eigenvalue weighted by Crippen LogP contribution is 2.20. The Morgan fingerprint density at radius 2 is 1.64 bits per heavy atom. The van der Waals surface area contributed by atoms with Gasteiger partial charge in [-0.3, -0.25) is 9.78 Å². The van der Waals surface area contributed by atoms with Gasteiger partial charge in [-0.25, -0.2) is 0 Å². The summed E-state index contributed by atoms with van der Waals surface area (Å²) < 4.78 is 0. The Labute approximate surface area is 139 Å². The van der Waals surface area contributed by atoms with Crippen LogP contribution in [0.4, 0.5) is 5.69 Å². The highest BCUT2D eigenvalue weighted by Gasteiger charge is 2.23. The first-order chi connectivity index (χ1) is 10.6. The quantitative estimate of drug-likeness (QED) is 0.844. The summed E-state index contributed by atoms with van der Waals surface area (Å²) in [4.78, 5) is 20.6. The van der Waals surface area contributed by atoms with Crippen LogP contribution < -0.4 is 4.90 Å². The van der Waals surface area contributed by atoms with E-state index in [-0.39, 0.29) is 5.91 Å². The Kier molecular flexibility index (Phi) is 4.50. The van der Waals surface area contributed by atoms with Gasteiger partial charge < -0.3 is 9.80 Å². The maximum atomic E-state index is 12.4. The molecular formula is C16H15Cl2N3O. The molecule has 0 N–H and O–H groups in total. The Balaban J connectivity index is 1.64. The fourth-order valence-electron chi connectivity index (χ4n) is 2.50. The van der Waals surface area contributed by atoms with Crippen LogP contribution in [-0.4, -0.2) is 42.0 Å². The second kappa shape index (κ2) is 6.55. The molecule has 1 saturated heterocycles. The van der Waals surface area contributed by atoms with Gasteiger partial charge in [0.05, 0.1) is 0 Å². The molecule has 0 aliphatic carbocycles. The fourth-order valence-corrected chi connectivity index (χ4v) is 2.79. The summed E-state index contributed by atoms with van der Waals surface area (Å²) in [6.45, 7) is 2.90. The number of nitrogens with zero attached hydrogens (tertiary/aromatic N) is 3. The number of carbonyl (C=O) groups excluding carboxylic acids is 1. The van der Waals surface area contributed by atoms with Gasteiger partial charge >= 0.3 is 0 Å². The second-order valence-electron chi connectivity index (χ2n) is 5.11. The Morgan fingerprint density at radius 3 is 2.27 bits per heavy atom. The number of halogens is 2. The van der Waals surface area contributed by atoms with Gasteiger partial charge in [-0.2, -0.15) is 0 Å². The van der Waals surface area contributed by atoms with Crippen molar-refractivity contribution in [2.45, 2.75) is 0 Å². The van der Waals surface area contributed by atoms with Crippen LogP contribution in [-0.2, 0) is 0 Å². The first-order valence-corrected chi connectivity index (χ1v) is 7.80. The number of carbonyl (C=O) groups is 1. The number of aromatic nitrogens is 1. The number of benzene rings is 1. The van der Waals surface area contributed by atoms with E-state index in [4.69, 9.17) is 23.2 Å². The van der Waals surface area contributed by atoms with Crippen molar-refractivity contribution in [3.8, 4) is 0 Å². The summed E-state index contributed by atoms with van der Waals surface area (Å²) in [5.74, 6) is -0.0711. The van der Waals surface area contributed by atoms with Crippen LogP contribution in [0.3, 0.4) is 0 Å². The summed E-state index contributed by atoms with van der Waals surface area (Å²) in [7, 11) is 0. The zero-order valence-corrected chi connectivity index (χ0v) is 13.4. The smallest absolute Gasteiger partial charge is 0.272 e. The van der Waals surface area contributed by atoms with Crippen molar-refractivity contribution >= 4 is 34.8 Å². The lowest BCUT2D eigenvalue weighted by Gasteiger charge is -2.36. The molecule has 1 aliphatic rings. The average Bonchev–Trinajstić information content (AvgIpc) is 2.55. The Hall–Kier alpha value is -1.78. The largest absolute Gasteiger partial charge is 0.368 e. The number of hydrogen-bond donors (Lipinski definition) is 0. The maximum Gasteiger partial charge on any atom is 0.272 e. The lowest BCUT2D eigenvalue weighted by molar-refractivity contribution is 0.0741. The summed E-state index contributed by atoms with van der Waals surface area (Å²) in [6, 6.07) is 11.0. The molecule has 1 amide bonds. The third-order valence-electron chi connectivity index (χ3n) is 3.70. The van der Waals surface area contributed by atoms with Gasteiger partial charge in [-0.15, -0.1) is 0 Å². The molecule has 6 heteroatoms. The van der Waals surface area contributed by atoms with E-state index in [2.05, 4.69) is 9.88 Å². The molecule has 0 radical (unpaired) electrons. The summed E-state index contributed by atoms with van der Waals surface area (Å²) in [5.41, 5.74) is 1.52. The van der Waals surface area contributed by atoms with Crippen LogP contribution >= 0.6 is 23.2 Å². The van der Waals surface area contributed by atoms with E-state index in [0.29, 0.717) is 23.8 Å². The Morgan fingerprint density at radius 1 is 0.955 bits per heavy atom. The summed E-state index contributed by atoms with van der Waals surface area (Å²) in [5, 5.41) is 1.25. The fraction of sp³-hybridized carbons (Fsp3) is 0.250. The van der Waals surface area contributed by atoms with E-state index in [1.54, 1.807) is 18.3 Å². The molecular weight excluding hydrogens is 321 g/mol. The van der Waals surface area contributed by atoms with E-state index >= 15 is 0 Å². The molecule has 1 aromatic heterocycles. The van der Waals surface area contributed by atoms with Crippen molar-refractivity contribution < 1.29 is 4.79 Å². The van der Waals surface area contributed by atoms with Gasteiger partial charge in [0.25, 0.3) is 5.91 Å². The van der Waals surface area contributed by atoms with Crippen molar-refractivity contribution in [3.63, 3.8) is 0 Å². The number of anilines is 1. The molecule has 22 heavy (non-hydrogen) atoms. The van der Waals surface area contributed by atoms with Crippen molar-refractivity contribution in [1.29, 1.82) is 0 Å². The van der Waals surface area contributed by atoms with Crippen LogP contribution in [0.5, 0.6) is 0 Å². The van der Waals surface area contributed by atoms with Crippen molar-refractivity contribution in [2.75, 3.05) is 31.1 Å². The summed E-state index contributed by atoms with van der Waals surface area (Å²) >= 11 is 11.8. The molecule has 1 aliphatic heterocycles. The van der Waals surface area contributed by atoms with Gasteiger partial charge in [0.15, 0.2) is 0 Å². The predicted molar refractivity (Wildman–Crippen MR) is 88.8 cm³/mol. The van der Waals surface area contributed by atoms with E-state index in [1.165, 1.54) is 0 Å². The molecule has 0 bridgehead atoms. The van der Waals surface area contributed by atoms with Crippen LogP contribution in [0.1, 0.15) is 10.5 Å². The molecule has 0 saturated carbocycles. The standard InChI is InChI=1S/C16H15Cl2N3O/c17-12-1-3-14(4-2-12)20-7-9-21(10-8-20)16(22)15-11-13(18)5-6-19-15/h1-6,11H,7-10H2. The lowest BCUT2D eigenvalue weighted by Crippen LogP contribution is -2.49. The molecule has 0 spiro atoms. The van der Waals surface area contributed by atoms with E-state index in [9.17, 15) is 4.79 Å². The number of pyridine rings is 1. The summed E-state index contributed by atoms with van der Waals surface area (Å²) in [6.07, 6.45) is 1.56. The number of piperazine rings is 1. The van der Waals surface area contributed by atoms with Crippen LogP contribution in [0.25, 0.3) is 0 Å². The van der Waals surface area contributed by atoms with Crippen LogP contribution in [0, 0.1) is 0 Å².